The Hall–Kier alpha value is -1.34. The van der Waals surface area contributed by atoms with Crippen molar-refractivity contribution in [1.82, 2.24) is 15.1 Å². The molecule has 0 unspecified atom stereocenters. The third-order valence-electron chi connectivity index (χ3n) is 4.08. The number of nitrogens with one attached hydrogen (secondary N) is 1. The van der Waals surface area contributed by atoms with Gasteiger partial charge in [0.2, 0.25) is 5.91 Å². The van der Waals surface area contributed by atoms with Gasteiger partial charge < -0.3 is 15.0 Å². The Morgan fingerprint density at radius 2 is 1.92 bits per heavy atom. The van der Waals surface area contributed by atoms with E-state index in [2.05, 4.69) is 10.2 Å². The van der Waals surface area contributed by atoms with E-state index in [4.69, 9.17) is 27.9 Å². The van der Waals surface area contributed by atoms with E-state index < -0.39 is 0 Å². The smallest absolute Gasteiger partial charge is 0.251 e. The molecule has 8 heteroatoms. The summed E-state index contributed by atoms with van der Waals surface area (Å²) in [6.07, 6.45) is 0. The van der Waals surface area contributed by atoms with Crippen LogP contribution < -0.4 is 5.32 Å². The summed E-state index contributed by atoms with van der Waals surface area (Å²) < 4.78 is 5.32. The molecule has 1 aromatic carbocycles. The molecule has 25 heavy (non-hydrogen) atoms. The lowest BCUT2D eigenvalue weighted by molar-refractivity contribution is -0.129. The Labute approximate surface area is 158 Å². The number of halogens is 2. The maximum absolute atomic E-state index is 12.1. The summed E-state index contributed by atoms with van der Waals surface area (Å²) in [6, 6.07) is 4.73. The minimum atomic E-state index is -0.241. The second-order valence-electron chi connectivity index (χ2n) is 5.84. The number of ether oxygens (including phenoxy) is 1. The monoisotopic (exact) mass is 387 g/mol. The van der Waals surface area contributed by atoms with E-state index in [0.29, 0.717) is 35.2 Å². The molecule has 2 amide bonds. The Kier molecular flexibility index (Phi) is 7.96. The van der Waals surface area contributed by atoms with Gasteiger partial charge in [-0.2, -0.15) is 0 Å². The summed E-state index contributed by atoms with van der Waals surface area (Å²) in [4.78, 5) is 27.9. The Balaban J connectivity index is 1.77. The van der Waals surface area contributed by atoms with E-state index >= 15 is 0 Å². The number of nitrogens with zero attached hydrogens (tertiary/aromatic N) is 2. The second kappa shape index (κ2) is 9.97. The quantitative estimate of drug-likeness (QED) is 0.775. The second-order valence-corrected chi connectivity index (χ2v) is 6.66. The first-order chi connectivity index (χ1) is 12.0. The molecule has 138 valence electrons. The Morgan fingerprint density at radius 1 is 1.20 bits per heavy atom. The first-order valence-electron chi connectivity index (χ1n) is 8.26. The number of rotatable bonds is 7. The maximum atomic E-state index is 12.1. The van der Waals surface area contributed by atoms with Crippen LogP contribution in [-0.4, -0.2) is 74.1 Å². The van der Waals surface area contributed by atoms with Crippen LogP contribution in [0.4, 0.5) is 0 Å². The number of carbonyl (C=O) groups excluding carboxylic acids is 2. The lowest BCUT2D eigenvalue weighted by Crippen LogP contribution is -2.44. The average molecular weight is 388 g/mol. The highest BCUT2D eigenvalue weighted by atomic mass is 35.5. The van der Waals surface area contributed by atoms with E-state index in [1.54, 1.807) is 24.0 Å². The first-order valence-corrected chi connectivity index (χ1v) is 9.02. The lowest BCUT2D eigenvalue weighted by atomic mass is 10.2. The number of amides is 2. The van der Waals surface area contributed by atoms with Crippen molar-refractivity contribution in [2.45, 2.75) is 6.92 Å². The fourth-order valence-electron chi connectivity index (χ4n) is 2.56. The zero-order chi connectivity index (χ0) is 18.2. The summed E-state index contributed by atoms with van der Waals surface area (Å²) in [5.74, 6) is -0.243. The van der Waals surface area contributed by atoms with E-state index in [-0.39, 0.29) is 11.8 Å². The van der Waals surface area contributed by atoms with Gasteiger partial charge in [-0.1, -0.05) is 23.2 Å². The van der Waals surface area contributed by atoms with Crippen LogP contribution in [0.2, 0.25) is 10.0 Å². The van der Waals surface area contributed by atoms with Gasteiger partial charge in [-0.05, 0) is 18.2 Å². The van der Waals surface area contributed by atoms with Crippen LogP contribution in [0.1, 0.15) is 17.3 Å². The van der Waals surface area contributed by atoms with Gasteiger partial charge in [0, 0.05) is 51.8 Å². The molecule has 0 aromatic heterocycles. The molecule has 1 N–H and O–H groups in total. The minimum Gasteiger partial charge on any atom is -0.379 e. The molecule has 2 rings (SSSR count). The highest BCUT2D eigenvalue weighted by Crippen LogP contribution is 2.22. The summed E-state index contributed by atoms with van der Waals surface area (Å²) in [5, 5.41) is 3.55. The zero-order valence-corrected chi connectivity index (χ0v) is 15.8. The molecule has 1 aliphatic rings. The van der Waals surface area contributed by atoms with Crippen LogP contribution in [0.15, 0.2) is 18.2 Å². The third kappa shape index (κ3) is 6.47. The van der Waals surface area contributed by atoms with Gasteiger partial charge in [0.25, 0.3) is 5.91 Å². The molecule has 0 bridgehead atoms. The van der Waals surface area contributed by atoms with Gasteiger partial charge in [0.1, 0.15) is 0 Å². The number of morpholine rings is 1. The van der Waals surface area contributed by atoms with E-state index in [1.807, 2.05) is 0 Å². The fraction of sp³-hybridized carbons (Fsp3) is 0.529. The highest BCUT2D eigenvalue weighted by Gasteiger charge is 2.14. The molecule has 0 spiro atoms. The standard InChI is InChI=1S/C17H23Cl2N3O3/c1-13(23)22(7-6-21-8-10-25-11-9-21)5-4-20-17(24)14-2-3-15(18)16(19)12-14/h2-3,12H,4-11H2,1H3,(H,20,24). The number of benzene rings is 1. The van der Waals surface area contributed by atoms with Crippen molar-refractivity contribution in [3.8, 4) is 0 Å². The Bertz CT molecular complexity index is 607. The summed E-state index contributed by atoms with van der Waals surface area (Å²) in [6.45, 7) is 7.08. The number of carbonyl (C=O) groups is 2. The fourth-order valence-corrected chi connectivity index (χ4v) is 2.86. The van der Waals surface area contributed by atoms with Gasteiger partial charge in [-0.15, -0.1) is 0 Å². The van der Waals surface area contributed by atoms with Crippen LogP contribution in [0.3, 0.4) is 0 Å². The third-order valence-corrected chi connectivity index (χ3v) is 4.82. The Morgan fingerprint density at radius 3 is 2.56 bits per heavy atom. The van der Waals surface area contributed by atoms with Gasteiger partial charge in [0.05, 0.1) is 23.3 Å². The SMILES string of the molecule is CC(=O)N(CCNC(=O)c1ccc(Cl)c(Cl)c1)CCN1CCOCC1. The molecular formula is C17H23Cl2N3O3. The normalized spacial score (nSPS) is 15.0. The molecule has 6 nitrogen and oxygen atoms in total. The van der Waals surface area contributed by atoms with Crippen LogP contribution in [0.5, 0.6) is 0 Å². The first kappa shape index (κ1) is 20.0. The molecule has 1 heterocycles. The van der Waals surface area contributed by atoms with Gasteiger partial charge in [-0.3, -0.25) is 14.5 Å². The van der Waals surface area contributed by atoms with E-state index in [9.17, 15) is 9.59 Å². The average Bonchev–Trinajstić information content (AvgIpc) is 2.60. The maximum Gasteiger partial charge on any atom is 0.251 e. The van der Waals surface area contributed by atoms with Crippen molar-refractivity contribution in [3.63, 3.8) is 0 Å². The van der Waals surface area contributed by atoms with Crippen LogP contribution in [0.25, 0.3) is 0 Å². The van der Waals surface area contributed by atoms with Crippen molar-refractivity contribution in [2.75, 3.05) is 52.5 Å². The zero-order valence-electron chi connectivity index (χ0n) is 14.3. The van der Waals surface area contributed by atoms with Crippen LogP contribution >= 0.6 is 23.2 Å². The molecule has 1 fully saturated rings. The minimum absolute atomic E-state index is 0.00274. The molecule has 0 saturated carbocycles. The van der Waals surface area contributed by atoms with Crippen molar-refractivity contribution in [3.05, 3.63) is 33.8 Å². The van der Waals surface area contributed by atoms with Gasteiger partial charge in [0.15, 0.2) is 0 Å². The van der Waals surface area contributed by atoms with Gasteiger partial charge in [-0.25, -0.2) is 0 Å². The summed E-state index contributed by atoms with van der Waals surface area (Å²) in [7, 11) is 0. The van der Waals surface area contributed by atoms with Crippen molar-refractivity contribution < 1.29 is 14.3 Å². The summed E-state index contributed by atoms with van der Waals surface area (Å²) >= 11 is 11.8. The van der Waals surface area contributed by atoms with Crippen molar-refractivity contribution in [1.29, 1.82) is 0 Å². The highest BCUT2D eigenvalue weighted by molar-refractivity contribution is 6.42. The molecular weight excluding hydrogens is 365 g/mol. The predicted octanol–water partition coefficient (Wildman–Crippen LogP) is 1.90. The van der Waals surface area contributed by atoms with E-state index in [0.717, 1.165) is 32.8 Å². The van der Waals surface area contributed by atoms with E-state index in [1.165, 1.54) is 6.07 Å². The van der Waals surface area contributed by atoms with Crippen LogP contribution in [0, 0.1) is 0 Å². The molecule has 0 radical (unpaired) electrons. The van der Waals surface area contributed by atoms with Gasteiger partial charge >= 0.3 is 0 Å². The molecule has 0 atom stereocenters. The topological polar surface area (TPSA) is 61.9 Å². The molecule has 1 saturated heterocycles. The van der Waals surface area contributed by atoms with Crippen molar-refractivity contribution >= 4 is 35.0 Å². The lowest BCUT2D eigenvalue weighted by Gasteiger charge is -2.29. The van der Waals surface area contributed by atoms with Crippen molar-refractivity contribution in [2.24, 2.45) is 0 Å². The number of hydrogen-bond acceptors (Lipinski definition) is 4. The largest absolute Gasteiger partial charge is 0.379 e. The molecule has 1 aliphatic heterocycles. The van der Waals surface area contributed by atoms with Crippen LogP contribution in [-0.2, 0) is 9.53 Å². The predicted molar refractivity (Wildman–Crippen MR) is 98.3 cm³/mol. The molecule has 1 aromatic rings. The summed E-state index contributed by atoms with van der Waals surface area (Å²) in [5.41, 5.74) is 0.442. The number of hydrogen-bond donors (Lipinski definition) is 1. The molecule has 0 aliphatic carbocycles.